The van der Waals surface area contributed by atoms with Crippen molar-refractivity contribution in [2.75, 3.05) is 11.1 Å². The van der Waals surface area contributed by atoms with Crippen LogP contribution in [0.3, 0.4) is 0 Å². The number of nitrogens with two attached hydrogens (primary N) is 1. The van der Waals surface area contributed by atoms with E-state index >= 15 is 0 Å². The van der Waals surface area contributed by atoms with Crippen LogP contribution in [0, 0.1) is 17.1 Å². The monoisotopic (exact) mass is 481 g/mol. The van der Waals surface area contributed by atoms with Crippen molar-refractivity contribution in [3.63, 3.8) is 0 Å². The summed E-state index contributed by atoms with van der Waals surface area (Å²) in [6.07, 6.45) is 1.23. The molecule has 3 aromatic carbocycles. The van der Waals surface area contributed by atoms with Gasteiger partial charge in [-0.3, -0.25) is 4.79 Å². The molecule has 0 bridgehead atoms. The molecular formula is C27H20FN5O3. The lowest BCUT2D eigenvalue weighted by Crippen LogP contribution is -2.12. The van der Waals surface area contributed by atoms with Gasteiger partial charge in [0.05, 0.1) is 5.56 Å². The van der Waals surface area contributed by atoms with Gasteiger partial charge in [0, 0.05) is 11.8 Å². The van der Waals surface area contributed by atoms with E-state index in [2.05, 4.69) is 21.9 Å². The molecule has 0 aliphatic heterocycles. The number of nitriles is 1. The summed E-state index contributed by atoms with van der Waals surface area (Å²) in [6, 6.07) is 22.0. The predicted molar refractivity (Wildman–Crippen MR) is 133 cm³/mol. The Morgan fingerprint density at radius 3 is 2.64 bits per heavy atom. The van der Waals surface area contributed by atoms with Gasteiger partial charge in [-0.05, 0) is 35.4 Å². The minimum Gasteiger partial charge on any atom is -0.486 e. The first-order valence-electron chi connectivity index (χ1n) is 10.7. The summed E-state index contributed by atoms with van der Waals surface area (Å²) in [5.74, 6) is -0.635. The number of carbonyl (C=O) groups excluding carboxylic acids is 1. The molecule has 4 aromatic rings. The highest BCUT2D eigenvalue weighted by molar-refractivity contribution is 6.06. The lowest BCUT2D eigenvalue weighted by Gasteiger charge is -2.14. The van der Waals surface area contributed by atoms with Gasteiger partial charge in [-0.25, -0.2) is 14.4 Å². The first-order valence-corrected chi connectivity index (χ1v) is 10.7. The summed E-state index contributed by atoms with van der Waals surface area (Å²) in [5, 5.41) is 11.4. The summed E-state index contributed by atoms with van der Waals surface area (Å²) in [7, 11) is 0. The number of amides is 1. The van der Waals surface area contributed by atoms with Crippen molar-refractivity contribution >= 4 is 17.4 Å². The van der Waals surface area contributed by atoms with Gasteiger partial charge in [0.1, 0.15) is 36.1 Å². The Balaban J connectivity index is 1.57. The highest BCUT2D eigenvalue weighted by Crippen LogP contribution is 2.37. The van der Waals surface area contributed by atoms with Crippen LogP contribution in [0.2, 0.25) is 0 Å². The number of hydrogen-bond donors (Lipinski definition) is 2. The summed E-state index contributed by atoms with van der Waals surface area (Å²) in [4.78, 5) is 20.1. The van der Waals surface area contributed by atoms with Crippen molar-refractivity contribution in [1.82, 2.24) is 9.97 Å². The maximum atomic E-state index is 14.9. The quantitative estimate of drug-likeness (QED) is 0.260. The van der Waals surface area contributed by atoms with Gasteiger partial charge in [-0.1, -0.05) is 49.0 Å². The number of nitrogens with one attached hydrogen (secondary N) is 1. The molecule has 4 rings (SSSR count). The third-order valence-corrected chi connectivity index (χ3v) is 5.02. The minimum absolute atomic E-state index is 0.0860. The molecule has 0 atom stereocenters. The average Bonchev–Trinajstić information content (AvgIpc) is 2.88. The Labute approximate surface area is 206 Å². The van der Waals surface area contributed by atoms with Crippen LogP contribution in [-0.4, -0.2) is 15.9 Å². The Morgan fingerprint density at radius 2 is 1.89 bits per heavy atom. The van der Waals surface area contributed by atoms with Gasteiger partial charge < -0.3 is 20.5 Å². The molecule has 0 radical (unpaired) electrons. The molecule has 0 saturated heterocycles. The van der Waals surface area contributed by atoms with E-state index in [1.807, 2.05) is 30.3 Å². The predicted octanol–water partition coefficient (Wildman–Crippen LogP) is 5.25. The number of halogens is 1. The molecule has 0 spiro atoms. The lowest BCUT2D eigenvalue weighted by atomic mass is 10.1. The number of carbonyl (C=O) groups is 1. The van der Waals surface area contributed by atoms with Crippen LogP contribution in [0.5, 0.6) is 17.4 Å². The second-order valence-corrected chi connectivity index (χ2v) is 7.53. The number of ether oxygens (including phenoxy) is 2. The normalized spacial score (nSPS) is 10.2. The minimum atomic E-state index is -0.633. The summed E-state index contributed by atoms with van der Waals surface area (Å²) >= 11 is 0. The first-order chi connectivity index (χ1) is 17.4. The van der Waals surface area contributed by atoms with Crippen LogP contribution >= 0.6 is 0 Å². The van der Waals surface area contributed by atoms with E-state index in [0.717, 1.165) is 5.56 Å². The fraction of sp³-hybridized carbons (Fsp3) is 0.0370. The molecular weight excluding hydrogens is 461 g/mol. The van der Waals surface area contributed by atoms with Crippen LogP contribution < -0.4 is 20.5 Å². The first kappa shape index (κ1) is 23.9. The van der Waals surface area contributed by atoms with Crippen LogP contribution in [-0.2, 0) is 11.4 Å². The molecule has 36 heavy (non-hydrogen) atoms. The maximum Gasteiger partial charge on any atom is 0.265 e. The van der Waals surface area contributed by atoms with Crippen LogP contribution in [0.1, 0.15) is 5.56 Å². The number of rotatable bonds is 8. The highest BCUT2D eigenvalue weighted by Gasteiger charge is 2.17. The van der Waals surface area contributed by atoms with Gasteiger partial charge in [0.25, 0.3) is 5.91 Å². The maximum absolute atomic E-state index is 14.9. The van der Waals surface area contributed by atoms with E-state index in [1.54, 1.807) is 30.3 Å². The molecule has 0 saturated carbocycles. The molecule has 0 aliphatic carbocycles. The highest BCUT2D eigenvalue weighted by atomic mass is 19.1. The standard InChI is InChI=1S/C27H20FN5O3/c1-17(14-29)26(34)33-20-8-5-9-21(13-20)36-27-24(25(30)31-16-32-27)19-10-11-23(22(28)12-19)35-15-18-6-3-2-4-7-18/h2-13,16H,1,15H2,(H,33,34)(H2,30,31,32). The number of benzene rings is 3. The molecule has 1 aromatic heterocycles. The van der Waals surface area contributed by atoms with Gasteiger partial charge >= 0.3 is 0 Å². The number of hydrogen-bond acceptors (Lipinski definition) is 7. The van der Waals surface area contributed by atoms with E-state index < -0.39 is 11.7 Å². The molecule has 1 heterocycles. The Morgan fingerprint density at radius 1 is 1.08 bits per heavy atom. The Bertz CT molecular complexity index is 1470. The molecule has 178 valence electrons. The molecule has 0 aliphatic rings. The topological polar surface area (TPSA) is 123 Å². The van der Waals surface area contributed by atoms with Crippen LogP contribution in [0.4, 0.5) is 15.9 Å². The largest absolute Gasteiger partial charge is 0.486 e. The third kappa shape index (κ3) is 5.63. The SMILES string of the molecule is C=C(C#N)C(=O)Nc1cccc(Oc2ncnc(N)c2-c2ccc(OCc3ccccc3)c(F)c2)c1. The van der Waals surface area contributed by atoms with E-state index in [9.17, 15) is 9.18 Å². The second kappa shape index (κ2) is 10.8. The van der Waals surface area contributed by atoms with Crippen molar-refractivity contribution < 1.29 is 18.7 Å². The zero-order valence-electron chi connectivity index (χ0n) is 18.9. The summed E-state index contributed by atoms with van der Waals surface area (Å²) < 4.78 is 26.4. The number of nitrogen functional groups attached to an aromatic ring is 1. The Hall–Kier alpha value is -5.23. The fourth-order valence-corrected chi connectivity index (χ4v) is 3.25. The molecule has 3 N–H and O–H groups in total. The van der Waals surface area contributed by atoms with Gasteiger partial charge in [0.2, 0.25) is 5.88 Å². The number of anilines is 2. The van der Waals surface area contributed by atoms with Crippen LogP contribution in [0.25, 0.3) is 11.1 Å². The second-order valence-electron chi connectivity index (χ2n) is 7.53. The third-order valence-electron chi connectivity index (χ3n) is 5.02. The van der Waals surface area contributed by atoms with E-state index in [1.165, 1.54) is 24.5 Å². The molecule has 0 unspecified atom stereocenters. The number of aromatic nitrogens is 2. The van der Waals surface area contributed by atoms with Crippen molar-refractivity contribution in [1.29, 1.82) is 5.26 Å². The van der Waals surface area contributed by atoms with Crippen molar-refractivity contribution in [3.8, 4) is 34.6 Å². The van der Waals surface area contributed by atoms with Crippen molar-refractivity contribution in [3.05, 3.63) is 103 Å². The van der Waals surface area contributed by atoms with Gasteiger partial charge in [-0.2, -0.15) is 5.26 Å². The summed E-state index contributed by atoms with van der Waals surface area (Å²) in [5.41, 5.74) is 7.83. The lowest BCUT2D eigenvalue weighted by molar-refractivity contribution is -0.112. The summed E-state index contributed by atoms with van der Waals surface area (Å²) in [6.45, 7) is 3.60. The Kier molecular flexibility index (Phi) is 7.17. The average molecular weight is 481 g/mol. The zero-order valence-corrected chi connectivity index (χ0v) is 18.9. The van der Waals surface area contributed by atoms with Crippen molar-refractivity contribution in [2.45, 2.75) is 6.61 Å². The molecule has 1 amide bonds. The zero-order chi connectivity index (χ0) is 25.5. The van der Waals surface area contributed by atoms with E-state index in [-0.39, 0.29) is 29.6 Å². The van der Waals surface area contributed by atoms with Crippen molar-refractivity contribution in [2.24, 2.45) is 0 Å². The van der Waals surface area contributed by atoms with Gasteiger partial charge in [0.15, 0.2) is 11.6 Å². The smallest absolute Gasteiger partial charge is 0.265 e. The van der Waals surface area contributed by atoms with Crippen LogP contribution in [0.15, 0.2) is 91.3 Å². The van der Waals surface area contributed by atoms with E-state index in [0.29, 0.717) is 22.6 Å². The fourth-order valence-electron chi connectivity index (χ4n) is 3.25. The molecule has 9 heteroatoms. The van der Waals surface area contributed by atoms with E-state index in [4.69, 9.17) is 20.5 Å². The molecule has 0 fully saturated rings. The van der Waals surface area contributed by atoms with Gasteiger partial charge in [-0.15, -0.1) is 0 Å². The molecule has 8 nitrogen and oxygen atoms in total. The number of nitrogens with zero attached hydrogens (tertiary/aromatic N) is 3.